The zero-order valence-corrected chi connectivity index (χ0v) is 10.3. The molecule has 1 heterocycles. The smallest absolute Gasteiger partial charge is 0.126 e. The lowest BCUT2D eigenvalue weighted by molar-refractivity contribution is 0.584. The summed E-state index contributed by atoms with van der Waals surface area (Å²) in [5.74, 6) is 0.930. The average Bonchev–Trinajstić information content (AvgIpc) is 2.57. The Kier molecular flexibility index (Phi) is 3.17. The molecule has 0 aliphatic rings. The molecule has 2 aromatic rings. The maximum Gasteiger partial charge on any atom is 0.126 e. The summed E-state index contributed by atoms with van der Waals surface area (Å²) >= 11 is 5.97. The van der Waals surface area contributed by atoms with Crippen LogP contribution in [0.1, 0.15) is 31.6 Å². The van der Waals surface area contributed by atoms with E-state index in [-0.39, 0.29) is 6.04 Å². The van der Waals surface area contributed by atoms with E-state index in [1.54, 1.807) is 0 Å². The number of aryl methyl sites for hydroxylation is 1. The van der Waals surface area contributed by atoms with E-state index in [1.165, 1.54) is 0 Å². The average molecular weight is 238 g/mol. The Morgan fingerprint density at radius 3 is 2.94 bits per heavy atom. The van der Waals surface area contributed by atoms with Gasteiger partial charge >= 0.3 is 0 Å². The minimum absolute atomic E-state index is 0.00109. The van der Waals surface area contributed by atoms with Gasteiger partial charge in [-0.05, 0) is 24.6 Å². The lowest BCUT2D eigenvalue weighted by Gasteiger charge is -2.09. The number of fused-ring (bicyclic) bond motifs is 1. The molecule has 0 saturated heterocycles. The highest BCUT2D eigenvalue weighted by molar-refractivity contribution is 6.31. The van der Waals surface area contributed by atoms with E-state index >= 15 is 0 Å². The number of benzene rings is 1. The van der Waals surface area contributed by atoms with Crippen LogP contribution in [0, 0.1) is 0 Å². The van der Waals surface area contributed by atoms with Crippen LogP contribution in [0.3, 0.4) is 0 Å². The van der Waals surface area contributed by atoms with Crippen LogP contribution >= 0.6 is 11.6 Å². The molecular weight excluding hydrogens is 222 g/mol. The normalized spacial score (nSPS) is 13.2. The van der Waals surface area contributed by atoms with Crippen molar-refractivity contribution in [1.82, 2.24) is 9.55 Å². The minimum atomic E-state index is 0.00109. The Balaban J connectivity index is 2.51. The summed E-state index contributed by atoms with van der Waals surface area (Å²) in [4.78, 5) is 4.55. The second-order valence-electron chi connectivity index (χ2n) is 4.06. The van der Waals surface area contributed by atoms with Crippen LogP contribution in [0.5, 0.6) is 0 Å². The summed E-state index contributed by atoms with van der Waals surface area (Å²) in [7, 11) is 1.98. The first-order valence-electron chi connectivity index (χ1n) is 5.51. The molecule has 0 amide bonds. The molecule has 0 radical (unpaired) electrons. The van der Waals surface area contributed by atoms with E-state index in [0.29, 0.717) is 0 Å². The van der Waals surface area contributed by atoms with E-state index in [4.69, 9.17) is 17.3 Å². The van der Waals surface area contributed by atoms with Gasteiger partial charge in [0, 0.05) is 12.1 Å². The fraction of sp³-hybridized carbons (Fsp3) is 0.417. The summed E-state index contributed by atoms with van der Waals surface area (Å²) in [6, 6.07) is 5.71. The van der Waals surface area contributed by atoms with Gasteiger partial charge < -0.3 is 10.3 Å². The number of rotatable bonds is 3. The van der Waals surface area contributed by atoms with Crippen molar-refractivity contribution in [1.29, 1.82) is 0 Å². The standard InChI is InChI=1S/C12H16ClN3/c1-3-4-9(14)12-15-10-6-5-8(13)7-11(10)16(12)2/h5-7,9H,3-4,14H2,1-2H3. The van der Waals surface area contributed by atoms with Crippen LogP contribution in [0.25, 0.3) is 11.0 Å². The lowest BCUT2D eigenvalue weighted by Crippen LogP contribution is -2.14. The topological polar surface area (TPSA) is 43.8 Å². The molecule has 1 aromatic heterocycles. The molecule has 1 unspecified atom stereocenters. The molecule has 4 heteroatoms. The van der Waals surface area contributed by atoms with Crippen molar-refractivity contribution >= 4 is 22.6 Å². The molecule has 2 N–H and O–H groups in total. The van der Waals surface area contributed by atoms with Crippen LogP contribution in [-0.4, -0.2) is 9.55 Å². The Bertz CT molecular complexity index is 504. The lowest BCUT2D eigenvalue weighted by atomic mass is 10.2. The van der Waals surface area contributed by atoms with Crippen molar-refractivity contribution in [2.75, 3.05) is 0 Å². The van der Waals surface area contributed by atoms with Gasteiger partial charge in [-0.2, -0.15) is 0 Å². The third kappa shape index (κ3) is 1.93. The van der Waals surface area contributed by atoms with Gasteiger partial charge in [-0.25, -0.2) is 4.98 Å². The van der Waals surface area contributed by atoms with Crippen molar-refractivity contribution in [3.05, 3.63) is 29.0 Å². The third-order valence-electron chi connectivity index (χ3n) is 2.81. The van der Waals surface area contributed by atoms with Gasteiger partial charge in [-0.3, -0.25) is 0 Å². The number of hydrogen-bond donors (Lipinski definition) is 1. The van der Waals surface area contributed by atoms with Crippen molar-refractivity contribution in [2.45, 2.75) is 25.8 Å². The highest BCUT2D eigenvalue weighted by atomic mass is 35.5. The highest BCUT2D eigenvalue weighted by Crippen LogP contribution is 2.23. The van der Waals surface area contributed by atoms with Gasteiger partial charge in [0.2, 0.25) is 0 Å². The van der Waals surface area contributed by atoms with Crippen molar-refractivity contribution < 1.29 is 0 Å². The van der Waals surface area contributed by atoms with Gasteiger partial charge in [0.15, 0.2) is 0 Å². The minimum Gasteiger partial charge on any atom is -0.330 e. The van der Waals surface area contributed by atoms with Crippen LogP contribution < -0.4 is 5.73 Å². The number of hydrogen-bond acceptors (Lipinski definition) is 2. The summed E-state index contributed by atoms with van der Waals surface area (Å²) in [5, 5.41) is 0.728. The molecule has 86 valence electrons. The van der Waals surface area contributed by atoms with Gasteiger partial charge in [0.25, 0.3) is 0 Å². The quantitative estimate of drug-likeness (QED) is 0.892. The molecule has 0 spiro atoms. The molecule has 16 heavy (non-hydrogen) atoms. The van der Waals surface area contributed by atoms with Gasteiger partial charge in [-0.1, -0.05) is 24.9 Å². The number of nitrogens with zero attached hydrogens (tertiary/aromatic N) is 2. The fourth-order valence-electron chi connectivity index (χ4n) is 1.95. The Hall–Kier alpha value is -1.06. The zero-order chi connectivity index (χ0) is 11.7. The van der Waals surface area contributed by atoms with Crippen LogP contribution in [0.2, 0.25) is 5.02 Å². The van der Waals surface area contributed by atoms with Gasteiger partial charge in [0.1, 0.15) is 5.82 Å². The molecule has 2 rings (SSSR count). The second kappa shape index (κ2) is 4.44. The van der Waals surface area contributed by atoms with Crippen LogP contribution in [0.4, 0.5) is 0 Å². The molecule has 0 aliphatic carbocycles. The predicted octanol–water partition coefficient (Wildman–Crippen LogP) is 3.03. The van der Waals surface area contributed by atoms with Gasteiger partial charge in [0.05, 0.1) is 17.1 Å². The van der Waals surface area contributed by atoms with E-state index < -0.39 is 0 Å². The number of aromatic nitrogens is 2. The number of nitrogens with two attached hydrogens (primary N) is 1. The summed E-state index contributed by atoms with van der Waals surface area (Å²) in [6.45, 7) is 2.12. The first-order valence-corrected chi connectivity index (χ1v) is 5.88. The largest absolute Gasteiger partial charge is 0.330 e. The second-order valence-corrected chi connectivity index (χ2v) is 4.49. The zero-order valence-electron chi connectivity index (χ0n) is 9.57. The number of imidazole rings is 1. The first kappa shape index (κ1) is 11.4. The van der Waals surface area contributed by atoms with Crippen molar-refractivity contribution in [3.63, 3.8) is 0 Å². The first-order chi connectivity index (χ1) is 7.63. The summed E-state index contributed by atoms with van der Waals surface area (Å²) in [6.07, 6.45) is 2.01. The van der Waals surface area contributed by atoms with Crippen LogP contribution in [-0.2, 0) is 7.05 Å². The molecule has 0 bridgehead atoms. The van der Waals surface area contributed by atoms with Gasteiger partial charge in [-0.15, -0.1) is 0 Å². The maximum absolute atomic E-state index is 6.09. The Morgan fingerprint density at radius 1 is 1.50 bits per heavy atom. The van der Waals surface area contributed by atoms with E-state index in [1.807, 2.05) is 29.8 Å². The molecule has 0 aliphatic heterocycles. The molecule has 0 saturated carbocycles. The van der Waals surface area contributed by atoms with E-state index in [2.05, 4.69) is 11.9 Å². The van der Waals surface area contributed by atoms with Crippen molar-refractivity contribution in [2.24, 2.45) is 12.8 Å². The van der Waals surface area contributed by atoms with Crippen LogP contribution in [0.15, 0.2) is 18.2 Å². The van der Waals surface area contributed by atoms with E-state index in [9.17, 15) is 0 Å². The number of halogens is 1. The summed E-state index contributed by atoms with van der Waals surface area (Å²) in [5.41, 5.74) is 8.08. The SMILES string of the molecule is CCCC(N)c1nc2ccc(Cl)cc2n1C. The molecular formula is C12H16ClN3. The molecule has 3 nitrogen and oxygen atoms in total. The third-order valence-corrected chi connectivity index (χ3v) is 3.04. The molecule has 1 aromatic carbocycles. The molecule has 0 fully saturated rings. The predicted molar refractivity (Wildman–Crippen MR) is 67.6 cm³/mol. The molecule has 1 atom stereocenters. The van der Waals surface area contributed by atoms with Crippen molar-refractivity contribution in [3.8, 4) is 0 Å². The Labute approximate surface area is 100 Å². The highest BCUT2D eigenvalue weighted by Gasteiger charge is 2.14. The maximum atomic E-state index is 6.09. The Morgan fingerprint density at radius 2 is 2.25 bits per heavy atom. The monoisotopic (exact) mass is 237 g/mol. The fourth-order valence-corrected chi connectivity index (χ4v) is 2.12. The van der Waals surface area contributed by atoms with E-state index in [0.717, 1.165) is 34.7 Å². The summed E-state index contributed by atoms with van der Waals surface area (Å²) < 4.78 is 2.03.